The van der Waals surface area contributed by atoms with Gasteiger partial charge < -0.3 is 20.5 Å². The van der Waals surface area contributed by atoms with E-state index in [9.17, 15) is 4.79 Å². The predicted molar refractivity (Wildman–Crippen MR) is 65.9 cm³/mol. The average molecular weight is 244 g/mol. The van der Waals surface area contributed by atoms with E-state index < -0.39 is 6.09 Å². The molecule has 17 heavy (non-hydrogen) atoms. The fraction of sp³-hybridized carbons (Fsp3) is 0.917. The molecule has 1 aliphatic rings. The third-order valence-corrected chi connectivity index (χ3v) is 2.84. The van der Waals surface area contributed by atoms with Crippen molar-refractivity contribution in [1.82, 2.24) is 10.6 Å². The van der Waals surface area contributed by atoms with E-state index in [1.165, 1.54) is 0 Å². The lowest BCUT2D eigenvalue weighted by atomic mass is 9.80. The zero-order valence-electron chi connectivity index (χ0n) is 11.2. The fourth-order valence-corrected chi connectivity index (χ4v) is 2.77. The van der Waals surface area contributed by atoms with Gasteiger partial charge in [-0.3, -0.25) is 0 Å². The van der Waals surface area contributed by atoms with Crippen molar-refractivity contribution >= 4 is 6.09 Å². The monoisotopic (exact) mass is 244 g/mol. The Morgan fingerprint density at radius 2 is 1.88 bits per heavy atom. The molecular formula is C12H24N2O3. The number of hydrogen-bond donors (Lipinski definition) is 3. The number of hydrogen-bond acceptors (Lipinski definition) is 4. The van der Waals surface area contributed by atoms with E-state index in [-0.39, 0.29) is 30.3 Å². The highest BCUT2D eigenvalue weighted by Crippen LogP contribution is 2.28. The molecule has 1 fully saturated rings. The summed E-state index contributed by atoms with van der Waals surface area (Å²) in [6, 6.07) is 0.104. The van der Waals surface area contributed by atoms with Gasteiger partial charge in [-0.05, 0) is 40.5 Å². The Hall–Kier alpha value is -0.810. The second kappa shape index (κ2) is 5.23. The lowest BCUT2D eigenvalue weighted by Gasteiger charge is -2.46. The highest BCUT2D eigenvalue weighted by molar-refractivity contribution is 5.67. The van der Waals surface area contributed by atoms with Gasteiger partial charge in [-0.25, -0.2) is 4.79 Å². The average Bonchev–Trinajstić information content (AvgIpc) is 2.09. The fourth-order valence-electron chi connectivity index (χ4n) is 2.77. The first kappa shape index (κ1) is 14.3. The third kappa shape index (κ3) is 4.91. The summed E-state index contributed by atoms with van der Waals surface area (Å²) in [5.74, 6) is 0. The van der Waals surface area contributed by atoms with Crippen molar-refractivity contribution in [2.24, 2.45) is 0 Å². The molecule has 1 amide bonds. The van der Waals surface area contributed by atoms with Crippen LogP contribution in [0.5, 0.6) is 0 Å². The molecule has 0 aliphatic carbocycles. The summed E-state index contributed by atoms with van der Waals surface area (Å²) in [5, 5.41) is 15.0. The number of rotatable bonds is 3. The Kier molecular flexibility index (Phi) is 4.38. The number of carbonyl (C=O) groups is 1. The molecule has 1 heterocycles. The number of piperidine rings is 1. The Labute approximate surface area is 103 Å². The first-order valence-electron chi connectivity index (χ1n) is 6.08. The van der Waals surface area contributed by atoms with Crippen LogP contribution in [0.2, 0.25) is 0 Å². The molecule has 0 unspecified atom stereocenters. The van der Waals surface area contributed by atoms with Gasteiger partial charge in [0.15, 0.2) is 0 Å². The van der Waals surface area contributed by atoms with Crippen LogP contribution in [-0.4, -0.2) is 41.5 Å². The van der Waals surface area contributed by atoms with Gasteiger partial charge in [-0.2, -0.15) is 0 Å². The van der Waals surface area contributed by atoms with E-state index in [0.29, 0.717) is 0 Å². The molecule has 0 saturated carbocycles. The summed E-state index contributed by atoms with van der Waals surface area (Å²) in [4.78, 5) is 11.4. The minimum Gasteiger partial charge on any atom is -0.447 e. The van der Waals surface area contributed by atoms with Gasteiger partial charge in [-0.1, -0.05) is 0 Å². The summed E-state index contributed by atoms with van der Waals surface area (Å²) in [5.41, 5.74) is -0.00660. The Bertz CT molecular complexity index is 261. The quantitative estimate of drug-likeness (QED) is 0.693. The van der Waals surface area contributed by atoms with Gasteiger partial charge in [0.1, 0.15) is 6.61 Å². The van der Waals surface area contributed by atoms with Crippen molar-refractivity contribution < 1.29 is 14.6 Å². The molecule has 1 aliphatic heterocycles. The van der Waals surface area contributed by atoms with Crippen molar-refractivity contribution in [2.45, 2.75) is 57.7 Å². The van der Waals surface area contributed by atoms with Crippen LogP contribution in [-0.2, 0) is 4.74 Å². The number of ether oxygens (including phenoxy) is 1. The van der Waals surface area contributed by atoms with Gasteiger partial charge in [0.05, 0.1) is 6.61 Å². The van der Waals surface area contributed by atoms with Gasteiger partial charge in [0.25, 0.3) is 0 Å². The SMILES string of the molecule is CC1(C)CC(NC(=O)OCCO)CC(C)(C)N1. The van der Waals surface area contributed by atoms with Crippen molar-refractivity contribution in [3.8, 4) is 0 Å². The smallest absolute Gasteiger partial charge is 0.407 e. The molecule has 1 saturated heterocycles. The van der Waals surface area contributed by atoms with Crippen LogP contribution in [0, 0.1) is 0 Å². The first-order chi connectivity index (χ1) is 7.74. The zero-order valence-corrected chi connectivity index (χ0v) is 11.2. The van der Waals surface area contributed by atoms with Gasteiger partial charge in [-0.15, -0.1) is 0 Å². The molecule has 0 bridgehead atoms. The van der Waals surface area contributed by atoms with E-state index in [2.05, 4.69) is 38.3 Å². The predicted octanol–water partition coefficient (Wildman–Crippen LogP) is 1.01. The minimum absolute atomic E-state index is 0.00330. The second-order valence-corrected chi connectivity index (χ2v) is 6.00. The van der Waals surface area contributed by atoms with Crippen LogP contribution in [0.25, 0.3) is 0 Å². The molecule has 0 aromatic carbocycles. The molecule has 0 radical (unpaired) electrons. The van der Waals surface area contributed by atoms with E-state index in [4.69, 9.17) is 9.84 Å². The van der Waals surface area contributed by atoms with Gasteiger partial charge in [0.2, 0.25) is 0 Å². The van der Waals surface area contributed by atoms with Gasteiger partial charge >= 0.3 is 6.09 Å². The van der Waals surface area contributed by atoms with Crippen LogP contribution >= 0.6 is 0 Å². The molecule has 100 valence electrons. The molecule has 5 nitrogen and oxygen atoms in total. The number of carbonyl (C=O) groups excluding carboxylic acids is 1. The largest absolute Gasteiger partial charge is 0.447 e. The maximum Gasteiger partial charge on any atom is 0.407 e. The molecular weight excluding hydrogens is 220 g/mol. The summed E-state index contributed by atoms with van der Waals surface area (Å²) >= 11 is 0. The molecule has 3 N–H and O–H groups in total. The number of aliphatic hydroxyl groups excluding tert-OH is 1. The number of nitrogens with one attached hydrogen (secondary N) is 2. The standard InChI is InChI=1S/C12H24N2O3/c1-11(2)7-9(8-12(3,4)14-11)13-10(16)17-6-5-15/h9,14-15H,5-8H2,1-4H3,(H,13,16). The minimum atomic E-state index is -0.447. The molecule has 1 rings (SSSR count). The lowest BCUT2D eigenvalue weighted by Crippen LogP contribution is -2.62. The van der Waals surface area contributed by atoms with E-state index in [1.807, 2.05) is 0 Å². The van der Waals surface area contributed by atoms with Crippen molar-refractivity contribution in [3.63, 3.8) is 0 Å². The van der Waals surface area contributed by atoms with Crippen molar-refractivity contribution in [2.75, 3.05) is 13.2 Å². The topological polar surface area (TPSA) is 70.6 Å². The van der Waals surface area contributed by atoms with Crippen LogP contribution < -0.4 is 10.6 Å². The van der Waals surface area contributed by atoms with Crippen molar-refractivity contribution in [3.05, 3.63) is 0 Å². The molecule has 5 heteroatoms. The summed E-state index contributed by atoms with van der Waals surface area (Å²) in [6.45, 7) is 8.41. The maximum atomic E-state index is 11.4. The summed E-state index contributed by atoms with van der Waals surface area (Å²) in [7, 11) is 0. The maximum absolute atomic E-state index is 11.4. The Morgan fingerprint density at radius 3 is 2.35 bits per heavy atom. The Morgan fingerprint density at radius 1 is 1.35 bits per heavy atom. The van der Waals surface area contributed by atoms with Gasteiger partial charge in [0, 0.05) is 17.1 Å². The third-order valence-electron chi connectivity index (χ3n) is 2.84. The lowest BCUT2D eigenvalue weighted by molar-refractivity contribution is 0.101. The molecule has 0 aromatic heterocycles. The molecule has 0 spiro atoms. The zero-order chi connectivity index (χ0) is 13.1. The van der Waals surface area contributed by atoms with Crippen LogP contribution in [0.4, 0.5) is 4.79 Å². The van der Waals surface area contributed by atoms with E-state index in [1.54, 1.807) is 0 Å². The number of amides is 1. The van der Waals surface area contributed by atoms with Crippen molar-refractivity contribution in [1.29, 1.82) is 0 Å². The summed E-state index contributed by atoms with van der Waals surface area (Å²) in [6.07, 6.45) is 1.28. The Balaban J connectivity index is 2.51. The summed E-state index contributed by atoms with van der Waals surface area (Å²) < 4.78 is 4.81. The molecule has 0 aromatic rings. The normalized spacial score (nSPS) is 23.1. The highest BCUT2D eigenvalue weighted by Gasteiger charge is 2.38. The van der Waals surface area contributed by atoms with Crippen LogP contribution in [0.1, 0.15) is 40.5 Å². The van der Waals surface area contributed by atoms with Crippen LogP contribution in [0.15, 0.2) is 0 Å². The highest BCUT2D eigenvalue weighted by atomic mass is 16.6. The number of aliphatic hydroxyl groups is 1. The second-order valence-electron chi connectivity index (χ2n) is 6.00. The van der Waals surface area contributed by atoms with E-state index in [0.717, 1.165) is 12.8 Å². The molecule has 0 atom stereocenters. The van der Waals surface area contributed by atoms with Crippen LogP contribution in [0.3, 0.4) is 0 Å². The first-order valence-corrected chi connectivity index (χ1v) is 6.08. The number of alkyl carbamates (subject to hydrolysis) is 1. The van der Waals surface area contributed by atoms with E-state index >= 15 is 0 Å².